The molecule has 4 rings (SSSR count). The van der Waals surface area contributed by atoms with E-state index in [9.17, 15) is 4.79 Å². The predicted molar refractivity (Wildman–Crippen MR) is 105 cm³/mol. The average molecular weight is 402 g/mol. The Morgan fingerprint density at radius 3 is 2.96 bits per heavy atom. The first kappa shape index (κ1) is 17.8. The number of hydrogen-bond acceptors (Lipinski definition) is 9. The summed E-state index contributed by atoms with van der Waals surface area (Å²) in [7, 11) is 3.15. The van der Waals surface area contributed by atoms with Crippen LogP contribution in [0.2, 0.25) is 0 Å². The van der Waals surface area contributed by atoms with Gasteiger partial charge in [0, 0.05) is 6.07 Å². The largest absolute Gasteiger partial charge is 0.497 e. The minimum Gasteiger partial charge on any atom is -0.497 e. The number of amides is 1. The van der Waals surface area contributed by atoms with Gasteiger partial charge in [0.05, 0.1) is 31.2 Å². The monoisotopic (exact) mass is 402 g/mol. The standard InChI is InChI=1S/C17H14N4O4S2/c1-23-9-3-4-10(12(7-9)24-2)15-19-13(25-21-15)8-27-17-18-11-5-6-26-14(11)16(22)20-17/h3-7,14H,8H2,1-2H3. The van der Waals surface area contributed by atoms with Crippen molar-refractivity contribution in [1.82, 2.24) is 10.1 Å². The molecule has 1 amide bonds. The summed E-state index contributed by atoms with van der Waals surface area (Å²) in [5.74, 6) is 2.24. The summed E-state index contributed by atoms with van der Waals surface area (Å²) in [5.41, 5.74) is 1.43. The van der Waals surface area contributed by atoms with Crippen LogP contribution in [0.15, 0.2) is 44.2 Å². The first-order valence-corrected chi connectivity index (χ1v) is 9.81. The van der Waals surface area contributed by atoms with Crippen LogP contribution in [0, 0.1) is 0 Å². The molecule has 1 aromatic heterocycles. The van der Waals surface area contributed by atoms with E-state index in [-0.39, 0.29) is 11.2 Å². The zero-order valence-electron chi connectivity index (χ0n) is 14.4. The number of aromatic nitrogens is 2. The number of ether oxygens (including phenoxy) is 2. The van der Waals surface area contributed by atoms with Gasteiger partial charge in [0.15, 0.2) is 5.17 Å². The summed E-state index contributed by atoms with van der Waals surface area (Å²) in [5, 5.41) is 5.97. The minimum absolute atomic E-state index is 0.188. The SMILES string of the molecule is COc1ccc(-c2noc(CSC3=NC(=O)C4SC=CC4=N3)n2)c(OC)c1. The fourth-order valence-electron chi connectivity index (χ4n) is 2.51. The maximum atomic E-state index is 12.0. The highest BCUT2D eigenvalue weighted by atomic mass is 32.2. The van der Waals surface area contributed by atoms with Crippen molar-refractivity contribution >= 4 is 40.3 Å². The fourth-order valence-corrected chi connectivity index (χ4v) is 4.02. The lowest BCUT2D eigenvalue weighted by Gasteiger charge is -2.11. The van der Waals surface area contributed by atoms with E-state index in [0.717, 1.165) is 5.71 Å². The number of carbonyl (C=O) groups is 1. The second-order valence-electron chi connectivity index (χ2n) is 5.45. The molecular formula is C17H14N4O4S2. The van der Waals surface area contributed by atoms with Crippen LogP contribution in [0.3, 0.4) is 0 Å². The van der Waals surface area contributed by atoms with Crippen LogP contribution >= 0.6 is 23.5 Å². The molecule has 0 N–H and O–H groups in total. The van der Waals surface area contributed by atoms with Crippen molar-refractivity contribution in [3.8, 4) is 22.9 Å². The lowest BCUT2D eigenvalue weighted by Crippen LogP contribution is -2.26. The first-order valence-electron chi connectivity index (χ1n) is 7.89. The Morgan fingerprint density at radius 1 is 1.26 bits per heavy atom. The molecule has 138 valence electrons. The molecule has 3 heterocycles. The number of benzene rings is 1. The van der Waals surface area contributed by atoms with Crippen LogP contribution in [-0.4, -0.2) is 46.4 Å². The van der Waals surface area contributed by atoms with E-state index in [1.807, 2.05) is 11.5 Å². The van der Waals surface area contributed by atoms with Crippen LogP contribution in [0.25, 0.3) is 11.4 Å². The minimum atomic E-state index is -0.299. The molecule has 1 unspecified atom stereocenters. The molecule has 2 aliphatic rings. The molecule has 0 aliphatic carbocycles. The zero-order chi connectivity index (χ0) is 18.8. The normalized spacial score (nSPS) is 18.1. The van der Waals surface area contributed by atoms with Crippen LogP contribution in [0.1, 0.15) is 5.89 Å². The summed E-state index contributed by atoms with van der Waals surface area (Å²) in [4.78, 5) is 24.8. The van der Waals surface area contributed by atoms with Crippen LogP contribution in [0.5, 0.6) is 11.5 Å². The van der Waals surface area contributed by atoms with Crippen molar-refractivity contribution in [2.75, 3.05) is 14.2 Å². The molecular weight excluding hydrogens is 388 g/mol. The molecule has 2 aromatic rings. The van der Waals surface area contributed by atoms with Crippen molar-refractivity contribution in [2.24, 2.45) is 9.98 Å². The van der Waals surface area contributed by atoms with Crippen molar-refractivity contribution in [2.45, 2.75) is 11.0 Å². The number of thioether (sulfide) groups is 2. The van der Waals surface area contributed by atoms with Crippen LogP contribution < -0.4 is 9.47 Å². The van der Waals surface area contributed by atoms with Gasteiger partial charge in [0.25, 0.3) is 5.91 Å². The Kier molecular flexibility index (Phi) is 4.99. The van der Waals surface area contributed by atoms with Gasteiger partial charge in [-0.3, -0.25) is 4.79 Å². The van der Waals surface area contributed by atoms with Gasteiger partial charge in [-0.25, -0.2) is 4.99 Å². The van der Waals surface area contributed by atoms with Gasteiger partial charge in [-0.15, -0.1) is 11.8 Å². The number of nitrogens with zero attached hydrogens (tertiary/aromatic N) is 4. The second kappa shape index (κ2) is 7.57. The van der Waals surface area contributed by atoms with E-state index in [1.165, 1.54) is 23.5 Å². The number of hydrogen-bond donors (Lipinski definition) is 0. The number of fused-ring (bicyclic) bond motifs is 1. The zero-order valence-corrected chi connectivity index (χ0v) is 16.0. The maximum Gasteiger partial charge on any atom is 0.267 e. The molecule has 1 atom stereocenters. The summed E-state index contributed by atoms with van der Waals surface area (Å²) in [6.07, 6.45) is 1.84. The Balaban J connectivity index is 1.48. The highest BCUT2D eigenvalue weighted by molar-refractivity contribution is 8.13. The fraction of sp³-hybridized carbons (Fsp3) is 0.235. The number of allylic oxidation sites excluding steroid dienone is 1. The van der Waals surface area contributed by atoms with Gasteiger partial charge in [-0.05, 0) is 23.6 Å². The predicted octanol–water partition coefficient (Wildman–Crippen LogP) is 2.95. The quantitative estimate of drug-likeness (QED) is 0.753. The molecule has 8 nitrogen and oxygen atoms in total. The Hall–Kier alpha value is -2.59. The lowest BCUT2D eigenvalue weighted by molar-refractivity contribution is -0.116. The molecule has 0 saturated heterocycles. The van der Waals surface area contributed by atoms with E-state index in [1.54, 1.807) is 32.4 Å². The number of methoxy groups -OCH3 is 2. The molecule has 0 radical (unpaired) electrons. The Labute approximate surface area is 163 Å². The van der Waals surface area contributed by atoms with Gasteiger partial charge < -0.3 is 14.0 Å². The van der Waals surface area contributed by atoms with Crippen molar-refractivity contribution < 1.29 is 18.8 Å². The van der Waals surface area contributed by atoms with Crippen molar-refractivity contribution in [3.63, 3.8) is 0 Å². The van der Waals surface area contributed by atoms with E-state index in [2.05, 4.69) is 20.1 Å². The maximum absolute atomic E-state index is 12.0. The molecule has 0 bridgehead atoms. The van der Waals surface area contributed by atoms with Gasteiger partial charge in [0.2, 0.25) is 11.7 Å². The lowest BCUT2D eigenvalue weighted by atomic mass is 10.2. The molecule has 0 saturated carbocycles. The third kappa shape index (κ3) is 3.62. The molecule has 10 heteroatoms. The molecule has 1 aromatic carbocycles. The molecule has 0 fully saturated rings. The van der Waals surface area contributed by atoms with E-state index in [0.29, 0.717) is 39.7 Å². The van der Waals surface area contributed by atoms with Crippen molar-refractivity contribution in [1.29, 1.82) is 0 Å². The summed E-state index contributed by atoms with van der Waals surface area (Å²) < 4.78 is 15.9. The van der Waals surface area contributed by atoms with Gasteiger partial charge in [-0.2, -0.15) is 9.98 Å². The number of amidine groups is 1. The smallest absolute Gasteiger partial charge is 0.267 e. The molecule has 27 heavy (non-hydrogen) atoms. The van der Waals surface area contributed by atoms with Gasteiger partial charge >= 0.3 is 0 Å². The van der Waals surface area contributed by atoms with Gasteiger partial charge in [-0.1, -0.05) is 16.9 Å². The van der Waals surface area contributed by atoms with Gasteiger partial charge in [0.1, 0.15) is 16.7 Å². The topological polar surface area (TPSA) is 99.2 Å². The summed E-state index contributed by atoms with van der Waals surface area (Å²) in [6, 6.07) is 5.35. The molecule has 2 aliphatic heterocycles. The molecule has 0 spiro atoms. The van der Waals surface area contributed by atoms with E-state index < -0.39 is 0 Å². The highest BCUT2D eigenvalue weighted by Gasteiger charge is 2.30. The van der Waals surface area contributed by atoms with E-state index >= 15 is 0 Å². The number of rotatable bonds is 5. The number of aliphatic imine (C=N–C) groups is 2. The van der Waals surface area contributed by atoms with E-state index in [4.69, 9.17) is 14.0 Å². The average Bonchev–Trinajstić information content (AvgIpc) is 3.35. The Morgan fingerprint density at radius 2 is 2.15 bits per heavy atom. The second-order valence-corrected chi connectivity index (χ2v) is 7.41. The highest BCUT2D eigenvalue weighted by Crippen LogP contribution is 2.32. The van der Waals surface area contributed by atoms with Crippen LogP contribution in [0.4, 0.5) is 0 Å². The van der Waals surface area contributed by atoms with Crippen molar-refractivity contribution in [3.05, 3.63) is 35.6 Å². The Bertz CT molecular complexity index is 983. The number of carbonyl (C=O) groups excluding carboxylic acids is 1. The summed E-state index contributed by atoms with van der Waals surface area (Å²) in [6.45, 7) is 0. The summed E-state index contributed by atoms with van der Waals surface area (Å²) >= 11 is 2.70. The third-order valence-electron chi connectivity index (χ3n) is 3.82. The third-order valence-corrected chi connectivity index (χ3v) is 5.66. The van der Waals surface area contributed by atoms with Crippen LogP contribution in [-0.2, 0) is 10.5 Å². The first-order chi connectivity index (χ1) is 13.2.